The van der Waals surface area contributed by atoms with Crippen LogP contribution in [0.25, 0.3) is 0 Å². The van der Waals surface area contributed by atoms with Crippen molar-refractivity contribution in [3.63, 3.8) is 0 Å². The molecular formula is C15H16N4O2. The van der Waals surface area contributed by atoms with E-state index in [2.05, 4.69) is 10.6 Å². The van der Waals surface area contributed by atoms with Crippen LogP contribution in [-0.4, -0.2) is 18.9 Å². The van der Waals surface area contributed by atoms with Crippen molar-refractivity contribution in [3.8, 4) is 0 Å². The van der Waals surface area contributed by atoms with Crippen LogP contribution in [0.2, 0.25) is 0 Å². The van der Waals surface area contributed by atoms with Gasteiger partial charge in [-0.05, 0) is 42.5 Å². The number of anilines is 3. The van der Waals surface area contributed by atoms with Gasteiger partial charge >= 0.3 is 0 Å². The van der Waals surface area contributed by atoms with Gasteiger partial charge in [-0.2, -0.15) is 0 Å². The zero-order valence-electron chi connectivity index (χ0n) is 11.5. The molecule has 0 atom stereocenters. The first kappa shape index (κ1) is 14.4. The van der Waals surface area contributed by atoms with Crippen LogP contribution in [0.4, 0.5) is 17.1 Å². The van der Waals surface area contributed by atoms with Gasteiger partial charge in [0.2, 0.25) is 0 Å². The SMILES string of the molecule is CNC(=O)c1ccc(NC(=O)c2ccc(N)cc2N)cc1. The number of carbonyl (C=O) groups excluding carboxylic acids is 2. The fraction of sp³-hybridized carbons (Fsp3) is 0.0667. The van der Waals surface area contributed by atoms with E-state index in [1.54, 1.807) is 43.4 Å². The number of benzene rings is 2. The molecular weight excluding hydrogens is 268 g/mol. The predicted molar refractivity (Wildman–Crippen MR) is 83.1 cm³/mol. The average Bonchev–Trinajstić information content (AvgIpc) is 2.47. The van der Waals surface area contributed by atoms with Gasteiger partial charge in [0.1, 0.15) is 0 Å². The number of rotatable bonds is 3. The summed E-state index contributed by atoms with van der Waals surface area (Å²) in [6.07, 6.45) is 0. The Bertz CT molecular complexity index is 681. The highest BCUT2D eigenvalue weighted by Gasteiger charge is 2.10. The molecule has 21 heavy (non-hydrogen) atoms. The van der Waals surface area contributed by atoms with Crippen molar-refractivity contribution >= 4 is 28.9 Å². The Labute approximate surface area is 122 Å². The van der Waals surface area contributed by atoms with E-state index < -0.39 is 0 Å². The van der Waals surface area contributed by atoms with Gasteiger partial charge in [-0.3, -0.25) is 9.59 Å². The van der Waals surface area contributed by atoms with Crippen LogP contribution in [0.5, 0.6) is 0 Å². The highest BCUT2D eigenvalue weighted by Crippen LogP contribution is 2.18. The molecule has 108 valence electrons. The molecule has 6 N–H and O–H groups in total. The van der Waals surface area contributed by atoms with E-state index >= 15 is 0 Å². The fourth-order valence-electron chi connectivity index (χ4n) is 1.84. The van der Waals surface area contributed by atoms with Gasteiger partial charge in [-0.25, -0.2) is 0 Å². The van der Waals surface area contributed by atoms with Crippen LogP contribution in [0.1, 0.15) is 20.7 Å². The smallest absolute Gasteiger partial charge is 0.257 e. The van der Waals surface area contributed by atoms with Gasteiger partial charge in [0, 0.05) is 29.7 Å². The Kier molecular flexibility index (Phi) is 4.08. The molecule has 0 unspecified atom stereocenters. The molecule has 0 aromatic heterocycles. The number of amides is 2. The third kappa shape index (κ3) is 3.30. The Hall–Kier alpha value is -3.02. The van der Waals surface area contributed by atoms with Gasteiger partial charge < -0.3 is 22.1 Å². The lowest BCUT2D eigenvalue weighted by Gasteiger charge is -2.08. The minimum absolute atomic E-state index is 0.185. The normalized spacial score (nSPS) is 9.95. The van der Waals surface area contributed by atoms with E-state index in [1.807, 2.05) is 0 Å². The summed E-state index contributed by atoms with van der Waals surface area (Å²) in [5.74, 6) is -0.518. The molecule has 2 aromatic carbocycles. The molecule has 0 fully saturated rings. The molecule has 0 radical (unpaired) electrons. The van der Waals surface area contributed by atoms with E-state index in [9.17, 15) is 9.59 Å². The summed E-state index contributed by atoms with van der Waals surface area (Å²) >= 11 is 0. The van der Waals surface area contributed by atoms with Gasteiger partial charge in [-0.1, -0.05) is 0 Å². The Morgan fingerprint density at radius 2 is 1.62 bits per heavy atom. The Balaban J connectivity index is 2.14. The topological polar surface area (TPSA) is 110 Å². The lowest BCUT2D eigenvalue weighted by Crippen LogP contribution is -2.18. The number of carbonyl (C=O) groups is 2. The maximum atomic E-state index is 12.1. The van der Waals surface area contributed by atoms with E-state index in [4.69, 9.17) is 11.5 Å². The molecule has 2 aromatic rings. The second kappa shape index (κ2) is 5.96. The maximum Gasteiger partial charge on any atom is 0.257 e. The van der Waals surface area contributed by atoms with Crippen molar-refractivity contribution in [2.75, 3.05) is 23.8 Å². The van der Waals surface area contributed by atoms with Crippen LogP contribution in [0.15, 0.2) is 42.5 Å². The molecule has 2 rings (SSSR count). The molecule has 6 heteroatoms. The summed E-state index contributed by atoms with van der Waals surface area (Å²) in [4.78, 5) is 23.5. The van der Waals surface area contributed by atoms with Crippen molar-refractivity contribution in [1.29, 1.82) is 0 Å². The molecule has 2 amide bonds. The van der Waals surface area contributed by atoms with E-state index in [-0.39, 0.29) is 11.8 Å². The van der Waals surface area contributed by atoms with Crippen molar-refractivity contribution in [2.45, 2.75) is 0 Å². The largest absolute Gasteiger partial charge is 0.399 e. The fourth-order valence-corrected chi connectivity index (χ4v) is 1.84. The lowest BCUT2D eigenvalue weighted by atomic mass is 10.1. The van der Waals surface area contributed by atoms with Crippen molar-refractivity contribution in [3.05, 3.63) is 53.6 Å². The number of hydrogen-bond donors (Lipinski definition) is 4. The van der Waals surface area contributed by atoms with Gasteiger partial charge in [0.15, 0.2) is 0 Å². The van der Waals surface area contributed by atoms with E-state index in [0.29, 0.717) is 28.2 Å². The molecule has 0 aliphatic rings. The van der Waals surface area contributed by atoms with Crippen LogP contribution in [0, 0.1) is 0 Å². The summed E-state index contributed by atoms with van der Waals surface area (Å²) in [5, 5.41) is 5.24. The Morgan fingerprint density at radius 1 is 0.952 bits per heavy atom. The predicted octanol–water partition coefficient (Wildman–Crippen LogP) is 1.46. The van der Waals surface area contributed by atoms with E-state index in [1.165, 1.54) is 6.07 Å². The maximum absolute atomic E-state index is 12.1. The number of hydrogen-bond acceptors (Lipinski definition) is 4. The zero-order chi connectivity index (χ0) is 15.4. The number of nitrogens with one attached hydrogen (secondary N) is 2. The summed E-state index contributed by atoms with van der Waals surface area (Å²) in [6, 6.07) is 11.3. The van der Waals surface area contributed by atoms with Crippen molar-refractivity contribution in [1.82, 2.24) is 5.32 Å². The Morgan fingerprint density at radius 3 is 2.19 bits per heavy atom. The second-order valence-corrected chi connectivity index (χ2v) is 4.46. The third-order valence-electron chi connectivity index (χ3n) is 2.95. The quantitative estimate of drug-likeness (QED) is 0.639. The van der Waals surface area contributed by atoms with Crippen LogP contribution < -0.4 is 22.1 Å². The zero-order valence-corrected chi connectivity index (χ0v) is 11.5. The third-order valence-corrected chi connectivity index (χ3v) is 2.95. The molecule has 0 saturated carbocycles. The molecule has 0 aliphatic carbocycles. The molecule has 0 bridgehead atoms. The summed E-state index contributed by atoms with van der Waals surface area (Å²) in [5.41, 5.74) is 13.6. The molecule has 0 heterocycles. The van der Waals surface area contributed by atoms with Crippen LogP contribution >= 0.6 is 0 Å². The van der Waals surface area contributed by atoms with Gasteiger partial charge in [0.25, 0.3) is 11.8 Å². The highest BCUT2D eigenvalue weighted by molar-refractivity contribution is 6.08. The first-order valence-corrected chi connectivity index (χ1v) is 6.29. The number of nitrogen functional groups attached to an aromatic ring is 2. The first-order chi connectivity index (χ1) is 10.0. The average molecular weight is 284 g/mol. The monoisotopic (exact) mass is 284 g/mol. The van der Waals surface area contributed by atoms with E-state index in [0.717, 1.165) is 0 Å². The molecule has 0 spiro atoms. The molecule has 6 nitrogen and oxygen atoms in total. The second-order valence-electron chi connectivity index (χ2n) is 4.46. The molecule has 0 saturated heterocycles. The first-order valence-electron chi connectivity index (χ1n) is 6.29. The van der Waals surface area contributed by atoms with Crippen molar-refractivity contribution in [2.24, 2.45) is 0 Å². The standard InChI is InChI=1S/C15H16N4O2/c1-18-14(20)9-2-5-11(6-3-9)19-15(21)12-7-4-10(16)8-13(12)17/h2-8H,16-17H2,1H3,(H,18,20)(H,19,21). The van der Waals surface area contributed by atoms with Crippen LogP contribution in [0.3, 0.4) is 0 Å². The highest BCUT2D eigenvalue weighted by atomic mass is 16.2. The summed E-state index contributed by atoms with van der Waals surface area (Å²) < 4.78 is 0. The van der Waals surface area contributed by atoms with Gasteiger partial charge in [0.05, 0.1) is 5.56 Å². The molecule has 0 aliphatic heterocycles. The van der Waals surface area contributed by atoms with Crippen LogP contribution in [-0.2, 0) is 0 Å². The summed E-state index contributed by atoms with van der Waals surface area (Å²) in [7, 11) is 1.56. The lowest BCUT2D eigenvalue weighted by molar-refractivity contribution is 0.0962. The minimum Gasteiger partial charge on any atom is -0.399 e. The summed E-state index contributed by atoms with van der Waals surface area (Å²) in [6.45, 7) is 0. The number of nitrogens with two attached hydrogens (primary N) is 2. The van der Waals surface area contributed by atoms with Gasteiger partial charge in [-0.15, -0.1) is 0 Å². The minimum atomic E-state index is -0.333. The van der Waals surface area contributed by atoms with Crippen molar-refractivity contribution < 1.29 is 9.59 Å².